The number of pyridine rings is 1. The van der Waals surface area contributed by atoms with Gasteiger partial charge in [-0.05, 0) is 34.1 Å². The number of anilines is 1. The minimum atomic E-state index is 0.453. The highest BCUT2D eigenvalue weighted by Crippen LogP contribution is 2.04. The first kappa shape index (κ1) is 10.7. The second-order valence-electron chi connectivity index (χ2n) is 2.83. The Morgan fingerprint density at radius 2 is 2.00 bits per heavy atom. The van der Waals surface area contributed by atoms with Crippen LogP contribution in [0.5, 0.6) is 0 Å². The first-order chi connectivity index (χ1) is 7.84. The van der Waals surface area contributed by atoms with Crippen LogP contribution in [-0.2, 0) is 0 Å². The van der Waals surface area contributed by atoms with E-state index in [0.717, 1.165) is 10.3 Å². The molecule has 5 nitrogen and oxygen atoms in total. The van der Waals surface area contributed by atoms with Crippen LogP contribution in [-0.4, -0.2) is 21.2 Å². The first-order valence-electron chi connectivity index (χ1n) is 4.53. The largest absolute Gasteiger partial charge is 0.245 e. The number of hydrogen-bond donors (Lipinski definition) is 1. The van der Waals surface area contributed by atoms with Crippen LogP contribution < -0.4 is 5.43 Å². The van der Waals surface area contributed by atoms with Gasteiger partial charge in [-0.1, -0.05) is 6.07 Å². The van der Waals surface area contributed by atoms with Gasteiger partial charge in [0.15, 0.2) is 0 Å². The molecule has 0 unspecified atom stereocenters. The van der Waals surface area contributed by atoms with Gasteiger partial charge in [-0.25, -0.2) is 20.4 Å². The van der Waals surface area contributed by atoms with E-state index in [1.165, 1.54) is 0 Å². The normalized spacial score (nSPS) is 10.6. The smallest absolute Gasteiger partial charge is 0.243 e. The molecule has 0 amide bonds. The highest BCUT2D eigenvalue weighted by Gasteiger charge is 1.91. The van der Waals surface area contributed by atoms with Gasteiger partial charge in [0.05, 0.1) is 11.9 Å². The molecule has 0 saturated carbocycles. The fourth-order valence-corrected chi connectivity index (χ4v) is 1.37. The van der Waals surface area contributed by atoms with E-state index in [1.54, 1.807) is 24.7 Å². The van der Waals surface area contributed by atoms with E-state index in [2.05, 4.69) is 41.4 Å². The Hall–Kier alpha value is -1.82. The molecule has 80 valence electrons. The number of rotatable bonds is 3. The number of hydrazone groups is 1. The Morgan fingerprint density at radius 1 is 1.19 bits per heavy atom. The van der Waals surface area contributed by atoms with E-state index in [-0.39, 0.29) is 0 Å². The monoisotopic (exact) mass is 277 g/mol. The van der Waals surface area contributed by atoms with Crippen LogP contribution in [0.2, 0.25) is 0 Å². The van der Waals surface area contributed by atoms with Crippen LogP contribution >= 0.6 is 15.9 Å². The lowest BCUT2D eigenvalue weighted by Crippen LogP contribution is -1.96. The molecule has 0 saturated heterocycles. The molecule has 2 aromatic rings. The van der Waals surface area contributed by atoms with Crippen molar-refractivity contribution in [2.45, 2.75) is 0 Å². The lowest BCUT2D eigenvalue weighted by Gasteiger charge is -1.96. The number of nitrogens with one attached hydrogen (secondary N) is 1. The molecule has 0 aromatic carbocycles. The molecule has 6 heteroatoms. The minimum absolute atomic E-state index is 0.453. The maximum atomic E-state index is 4.19. The third-order valence-electron chi connectivity index (χ3n) is 1.66. The molecule has 2 heterocycles. The van der Waals surface area contributed by atoms with E-state index in [9.17, 15) is 0 Å². The fraction of sp³-hybridized carbons (Fsp3) is 0. The van der Waals surface area contributed by atoms with Gasteiger partial charge in [0, 0.05) is 12.4 Å². The minimum Gasteiger partial charge on any atom is -0.245 e. The number of hydrogen-bond acceptors (Lipinski definition) is 5. The highest BCUT2D eigenvalue weighted by atomic mass is 79.9. The molecule has 2 rings (SSSR count). The summed E-state index contributed by atoms with van der Waals surface area (Å²) in [6.45, 7) is 0. The lowest BCUT2D eigenvalue weighted by atomic mass is 10.4. The molecule has 2 aromatic heterocycles. The summed E-state index contributed by atoms with van der Waals surface area (Å²) in [5.41, 5.74) is 3.45. The summed E-state index contributed by atoms with van der Waals surface area (Å²) in [5, 5.41) is 3.97. The van der Waals surface area contributed by atoms with E-state index < -0.39 is 0 Å². The zero-order valence-corrected chi connectivity index (χ0v) is 9.79. The van der Waals surface area contributed by atoms with Crippen molar-refractivity contribution in [2.24, 2.45) is 5.10 Å². The summed E-state index contributed by atoms with van der Waals surface area (Å²) >= 11 is 3.28. The molecule has 0 atom stereocenters. The summed E-state index contributed by atoms with van der Waals surface area (Å²) in [4.78, 5) is 12.1. The van der Waals surface area contributed by atoms with Gasteiger partial charge in [-0.3, -0.25) is 0 Å². The highest BCUT2D eigenvalue weighted by molar-refractivity contribution is 9.10. The topological polar surface area (TPSA) is 63.1 Å². The van der Waals surface area contributed by atoms with Crippen LogP contribution in [0.3, 0.4) is 0 Å². The summed E-state index contributed by atoms with van der Waals surface area (Å²) in [6.07, 6.45) is 4.88. The Balaban J connectivity index is 2.00. The Bertz CT molecular complexity index is 486. The molecule has 0 aliphatic carbocycles. The van der Waals surface area contributed by atoms with E-state index in [1.807, 2.05) is 18.2 Å². The molecule has 0 aliphatic rings. The number of aromatic nitrogens is 3. The summed E-state index contributed by atoms with van der Waals surface area (Å²) < 4.78 is 0.771. The SMILES string of the molecule is Brc1cccc(C=NNc2ncccn2)n1. The van der Waals surface area contributed by atoms with E-state index >= 15 is 0 Å². The number of halogens is 1. The zero-order valence-electron chi connectivity index (χ0n) is 8.21. The summed E-state index contributed by atoms with van der Waals surface area (Å²) in [5.74, 6) is 0.453. The number of nitrogens with zero attached hydrogens (tertiary/aromatic N) is 4. The van der Waals surface area contributed by atoms with Crippen molar-refractivity contribution in [3.63, 3.8) is 0 Å². The van der Waals surface area contributed by atoms with E-state index in [0.29, 0.717) is 5.95 Å². The van der Waals surface area contributed by atoms with Gasteiger partial charge in [-0.2, -0.15) is 5.10 Å². The standard InChI is InChI=1S/C10H8BrN5/c11-9-4-1-3-8(15-9)7-14-16-10-12-5-2-6-13-10/h1-7H,(H,12,13,16). The summed E-state index contributed by atoms with van der Waals surface area (Å²) in [6, 6.07) is 7.33. The second-order valence-corrected chi connectivity index (χ2v) is 3.64. The van der Waals surface area contributed by atoms with Crippen LogP contribution in [0.4, 0.5) is 5.95 Å². The van der Waals surface area contributed by atoms with Gasteiger partial charge < -0.3 is 0 Å². The Labute approximate surface area is 101 Å². The van der Waals surface area contributed by atoms with Crippen molar-refractivity contribution in [3.05, 3.63) is 47.0 Å². The first-order valence-corrected chi connectivity index (χ1v) is 5.32. The third kappa shape index (κ3) is 3.09. The van der Waals surface area contributed by atoms with Crippen molar-refractivity contribution in [1.82, 2.24) is 15.0 Å². The molecule has 16 heavy (non-hydrogen) atoms. The molecule has 0 aliphatic heterocycles. The molecular weight excluding hydrogens is 270 g/mol. The van der Waals surface area contributed by atoms with Crippen molar-refractivity contribution in [1.29, 1.82) is 0 Å². The molecule has 1 N–H and O–H groups in total. The quantitative estimate of drug-likeness (QED) is 0.530. The van der Waals surface area contributed by atoms with Crippen molar-refractivity contribution in [2.75, 3.05) is 5.43 Å². The Kier molecular flexibility index (Phi) is 3.55. The predicted molar refractivity (Wildman–Crippen MR) is 65.2 cm³/mol. The summed E-state index contributed by atoms with van der Waals surface area (Å²) in [7, 11) is 0. The van der Waals surface area contributed by atoms with Crippen molar-refractivity contribution >= 4 is 28.1 Å². The third-order valence-corrected chi connectivity index (χ3v) is 2.11. The van der Waals surface area contributed by atoms with Gasteiger partial charge >= 0.3 is 0 Å². The average molecular weight is 278 g/mol. The molecular formula is C10H8BrN5. The van der Waals surface area contributed by atoms with Gasteiger partial charge in [0.1, 0.15) is 4.60 Å². The fourth-order valence-electron chi connectivity index (χ4n) is 1.01. The van der Waals surface area contributed by atoms with Gasteiger partial charge in [0.25, 0.3) is 0 Å². The molecule has 0 spiro atoms. The molecule has 0 bridgehead atoms. The predicted octanol–water partition coefficient (Wildman–Crippen LogP) is 2.08. The van der Waals surface area contributed by atoms with E-state index in [4.69, 9.17) is 0 Å². The molecule has 0 radical (unpaired) electrons. The Morgan fingerprint density at radius 3 is 2.75 bits per heavy atom. The van der Waals surface area contributed by atoms with Gasteiger partial charge in [-0.15, -0.1) is 0 Å². The second kappa shape index (κ2) is 5.32. The van der Waals surface area contributed by atoms with Gasteiger partial charge in [0.2, 0.25) is 5.95 Å². The molecule has 0 fully saturated rings. The van der Waals surface area contributed by atoms with Crippen molar-refractivity contribution in [3.8, 4) is 0 Å². The zero-order chi connectivity index (χ0) is 11.2. The van der Waals surface area contributed by atoms with Crippen LogP contribution in [0, 0.1) is 0 Å². The van der Waals surface area contributed by atoms with Crippen LogP contribution in [0.1, 0.15) is 5.69 Å². The lowest BCUT2D eigenvalue weighted by molar-refractivity contribution is 1.12. The maximum absolute atomic E-state index is 4.19. The average Bonchev–Trinajstić information content (AvgIpc) is 2.30. The van der Waals surface area contributed by atoms with Crippen molar-refractivity contribution < 1.29 is 0 Å². The van der Waals surface area contributed by atoms with Crippen LogP contribution in [0.15, 0.2) is 46.4 Å². The maximum Gasteiger partial charge on any atom is 0.243 e. The van der Waals surface area contributed by atoms with Crippen LogP contribution in [0.25, 0.3) is 0 Å².